The molecule has 0 aliphatic heterocycles. The predicted molar refractivity (Wildman–Crippen MR) is 173 cm³/mol. The van der Waals surface area contributed by atoms with Crippen LogP contribution in [-0.2, 0) is 14.3 Å². The van der Waals surface area contributed by atoms with Gasteiger partial charge in [-0.1, -0.05) is 63.7 Å². The van der Waals surface area contributed by atoms with E-state index >= 15 is 0 Å². The Morgan fingerprint density at radius 1 is 0.952 bits per heavy atom. The first-order valence-electron chi connectivity index (χ1n) is 15.8. The summed E-state index contributed by atoms with van der Waals surface area (Å²) in [7, 11) is 0. The van der Waals surface area contributed by atoms with Gasteiger partial charge in [0.15, 0.2) is 0 Å². The molecule has 0 amide bonds. The maximum Gasteiger partial charge on any atom is 0.338 e. The second kappa shape index (κ2) is 18.1. The van der Waals surface area contributed by atoms with E-state index in [2.05, 4.69) is 13.5 Å². The lowest BCUT2D eigenvalue weighted by atomic mass is 9.84. The summed E-state index contributed by atoms with van der Waals surface area (Å²) >= 11 is 0. The van der Waals surface area contributed by atoms with Crippen LogP contribution in [0.5, 0.6) is 0 Å². The van der Waals surface area contributed by atoms with Gasteiger partial charge in [-0.05, 0) is 98.4 Å². The molecular weight excluding hydrogens is 524 g/mol. The molecule has 0 heterocycles. The van der Waals surface area contributed by atoms with Crippen molar-refractivity contribution in [1.29, 1.82) is 0 Å². The molecule has 1 aliphatic rings. The van der Waals surface area contributed by atoms with E-state index in [1.54, 1.807) is 24.3 Å². The fraction of sp³-hybridized carbons (Fsp3) is 0.500. The third-order valence-electron chi connectivity index (χ3n) is 8.20. The fourth-order valence-electron chi connectivity index (χ4n) is 5.69. The molecule has 2 aromatic carbocycles. The lowest BCUT2D eigenvalue weighted by molar-refractivity contribution is -0.138. The van der Waals surface area contributed by atoms with Crippen molar-refractivity contribution in [3.05, 3.63) is 77.9 Å². The summed E-state index contributed by atoms with van der Waals surface area (Å²) in [6, 6.07) is 12.6. The quantitative estimate of drug-likeness (QED) is 0.0644. The number of carbonyl (C=O) groups is 2. The van der Waals surface area contributed by atoms with Crippen LogP contribution in [0.3, 0.4) is 0 Å². The number of nitrogen functional groups attached to an aromatic ring is 2. The van der Waals surface area contributed by atoms with Crippen molar-refractivity contribution in [3.8, 4) is 0 Å². The van der Waals surface area contributed by atoms with Gasteiger partial charge in [-0.25, -0.2) is 9.59 Å². The molecule has 228 valence electrons. The molecular formula is C36H50N2O4. The molecule has 0 radical (unpaired) electrons. The average molecular weight is 575 g/mol. The number of benzene rings is 2. The Morgan fingerprint density at radius 2 is 1.64 bits per heavy atom. The van der Waals surface area contributed by atoms with Gasteiger partial charge in [0.1, 0.15) is 6.10 Å². The number of rotatable bonds is 17. The molecule has 6 heteroatoms. The Kier molecular flexibility index (Phi) is 14.2. The van der Waals surface area contributed by atoms with Crippen molar-refractivity contribution < 1.29 is 19.1 Å². The van der Waals surface area contributed by atoms with Crippen molar-refractivity contribution in [1.82, 2.24) is 0 Å². The highest BCUT2D eigenvalue weighted by atomic mass is 16.5. The highest BCUT2D eigenvalue weighted by molar-refractivity contribution is 5.90. The normalized spacial score (nSPS) is 17.5. The Balaban J connectivity index is 1.40. The molecule has 1 aliphatic carbocycles. The standard InChI is InChI=1S/C36H50N2O4/c1-3-5-7-8-9-10-11-27-15-20-34(21-16-27)42-36(40)29-18-13-28(14-19-29)17-22-35(39)41-26-30(12-6-4-2)31-23-32(37)25-33(38)24-31/h3,13-14,17-19,22-25,27,30,34H,1,4-12,15-16,20-21,26,37-38H2,2H3. The lowest BCUT2D eigenvalue weighted by Crippen LogP contribution is -2.24. The van der Waals surface area contributed by atoms with Gasteiger partial charge in [0.05, 0.1) is 12.2 Å². The molecule has 1 fully saturated rings. The van der Waals surface area contributed by atoms with Crippen molar-refractivity contribution in [2.45, 2.75) is 102 Å². The van der Waals surface area contributed by atoms with Crippen molar-refractivity contribution in [2.75, 3.05) is 18.1 Å². The Morgan fingerprint density at radius 3 is 2.31 bits per heavy atom. The minimum Gasteiger partial charge on any atom is -0.462 e. The number of unbranched alkanes of at least 4 members (excludes halogenated alkanes) is 5. The largest absolute Gasteiger partial charge is 0.462 e. The summed E-state index contributed by atoms with van der Waals surface area (Å²) in [5.74, 6) is 0.0946. The highest BCUT2D eigenvalue weighted by Gasteiger charge is 2.24. The second-order valence-electron chi connectivity index (χ2n) is 11.7. The number of nitrogens with two attached hydrogens (primary N) is 2. The SMILES string of the molecule is C=CCCCCCCC1CCC(OC(=O)c2ccc(C=CC(=O)OCC(CCCC)c3cc(N)cc(N)c3)cc2)CC1. The van der Waals surface area contributed by atoms with E-state index in [-0.39, 0.29) is 24.6 Å². The third-order valence-corrected chi connectivity index (χ3v) is 8.20. The molecule has 0 aromatic heterocycles. The second-order valence-corrected chi connectivity index (χ2v) is 11.7. The first kappa shape index (κ1) is 33.0. The molecule has 2 aromatic rings. The van der Waals surface area contributed by atoms with Gasteiger partial charge in [0.2, 0.25) is 0 Å². The van der Waals surface area contributed by atoms with Gasteiger partial charge in [0, 0.05) is 23.4 Å². The van der Waals surface area contributed by atoms with Gasteiger partial charge in [0.25, 0.3) is 0 Å². The highest BCUT2D eigenvalue weighted by Crippen LogP contribution is 2.31. The monoisotopic (exact) mass is 574 g/mol. The van der Waals surface area contributed by atoms with Crippen molar-refractivity contribution in [2.24, 2.45) is 5.92 Å². The van der Waals surface area contributed by atoms with Gasteiger partial charge in [-0.2, -0.15) is 0 Å². The molecule has 1 atom stereocenters. The molecule has 1 saturated carbocycles. The maximum absolute atomic E-state index is 12.7. The summed E-state index contributed by atoms with van der Waals surface area (Å²) < 4.78 is 11.4. The van der Waals surface area contributed by atoms with Crippen LogP contribution in [0.15, 0.2) is 61.2 Å². The number of ether oxygens (including phenoxy) is 2. The van der Waals surface area contributed by atoms with Gasteiger partial charge in [-0.3, -0.25) is 0 Å². The molecule has 6 nitrogen and oxygen atoms in total. The van der Waals surface area contributed by atoms with Crippen LogP contribution in [-0.4, -0.2) is 24.6 Å². The zero-order valence-corrected chi connectivity index (χ0v) is 25.4. The van der Waals surface area contributed by atoms with Crippen molar-refractivity contribution >= 4 is 29.4 Å². The first-order chi connectivity index (χ1) is 20.4. The van der Waals surface area contributed by atoms with E-state index in [4.69, 9.17) is 20.9 Å². The minimum atomic E-state index is -0.417. The Labute approximate surface area is 252 Å². The smallest absolute Gasteiger partial charge is 0.338 e. The van der Waals surface area contributed by atoms with Crippen LogP contribution < -0.4 is 11.5 Å². The first-order valence-corrected chi connectivity index (χ1v) is 15.8. The summed E-state index contributed by atoms with van der Waals surface area (Å²) in [4.78, 5) is 25.2. The molecule has 1 unspecified atom stereocenters. The van der Waals surface area contributed by atoms with E-state index in [1.165, 1.54) is 38.2 Å². The van der Waals surface area contributed by atoms with Crippen LogP contribution >= 0.6 is 0 Å². The van der Waals surface area contributed by atoms with Crippen LogP contribution in [0.1, 0.15) is 118 Å². The minimum absolute atomic E-state index is 0.000559. The summed E-state index contributed by atoms with van der Waals surface area (Å²) in [5, 5.41) is 0. The number of hydrogen-bond donors (Lipinski definition) is 2. The van der Waals surface area contributed by atoms with E-state index in [9.17, 15) is 9.59 Å². The molecule has 0 spiro atoms. The molecule has 0 bridgehead atoms. The molecule has 3 rings (SSSR count). The van der Waals surface area contributed by atoms with E-state index in [0.717, 1.165) is 68.4 Å². The molecule has 42 heavy (non-hydrogen) atoms. The number of allylic oxidation sites excluding steroid dienone is 1. The van der Waals surface area contributed by atoms with Gasteiger partial charge in [-0.15, -0.1) is 6.58 Å². The van der Waals surface area contributed by atoms with E-state index < -0.39 is 5.97 Å². The number of carbonyl (C=O) groups excluding carboxylic acids is 2. The molecule has 0 saturated heterocycles. The summed E-state index contributed by atoms with van der Waals surface area (Å²) in [5.41, 5.74) is 15.5. The zero-order chi connectivity index (χ0) is 30.2. The molecule has 4 N–H and O–H groups in total. The number of hydrogen-bond acceptors (Lipinski definition) is 6. The number of esters is 2. The maximum atomic E-state index is 12.7. The van der Waals surface area contributed by atoms with Gasteiger partial charge < -0.3 is 20.9 Å². The summed E-state index contributed by atoms with van der Waals surface area (Å²) in [6.07, 6.45) is 19.7. The van der Waals surface area contributed by atoms with Crippen LogP contribution in [0.4, 0.5) is 11.4 Å². The van der Waals surface area contributed by atoms with E-state index in [0.29, 0.717) is 16.9 Å². The summed E-state index contributed by atoms with van der Waals surface area (Å²) in [6.45, 7) is 6.17. The lowest BCUT2D eigenvalue weighted by Gasteiger charge is -2.28. The Bertz CT molecular complexity index is 1130. The van der Waals surface area contributed by atoms with Crippen molar-refractivity contribution in [3.63, 3.8) is 0 Å². The van der Waals surface area contributed by atoms with E-state index in [1.807, 2.05) is 30.3 Å². The third kappa shape index (κ3) is 11.8. The predicted octanol–water partition coefficient (Wildman–Crippen LogP) is 8.62. The van der Waals surface area contributed by atoms with Crippen LogP contribution in [0.25, 0.3) is 6.08 Å². The fourth-order valence-corrected chi connectivity index (χ4v) is 5.69. The zero-order valence-electron chi connectivity index (χ0n) is 25.4. The van der Waals surface area contributed by atoms with Crippen LogP contribution in [0, 0.1) is 5.92 Å². The van der Waals surface area contributed by atoms with Gasteiger partial charge >= 0.3 is 11.9 Å². The Hall–Kier alpha value is -3.54. The topological polar surface area (TPSA) is 105 Å². The average Bonchev–Trinajstić information content (AvgIpc) is 2.98. The number of anilines is 2. The van der Waals surface area contributed by atoms with Crippen LogP contribution in [0.2, 0.25) is 0 Å².